The number of amides is 1. The molecule has 0 saturated carbocycles. The zero-order chi connectivity index (χ0) is 21.7. The molecule has 6 rings (SSSR count). The maximum atomic E-state index is 13.3. The quantitative estimate of drug-likeness (QED) is 0.456. The predicted octanol–water partition coefficient (Wildman–Crippen LogP) is 4.27. The fourth-order valence-corrected chi connectivity index (χ4v) is 4.54. The number of H-pyrrole nitrogens is 2. The summed E-state index contributed by atoms with van der Waals surface area (Å²) in [5.41, 5.74) is 6.78. The van der Waals surface area contributed by atoms with Crippen molar-refractivity contribution in [1.29, 1.82) is 0 Å². The molecule has 6 heteroatoms. The SMILES string of the molecule is O=C1c2c(cccc2-c2ccc3[nH]c(=O)[nH]c3c2)CN1CCc1ccc2ccccc2n1. The van der Waals surface area contributed by atoms with Crippen molar-refractivity contribution >= 4 is 27.8 Å². The third-order valence-corrected chi connectivity index (χ3v) is 6.13. The first-order chi connectivity index (χ1) is 15.7. The highest BCUT2D eigenvalue weighted by atomic mass is 16.2. The third kappa shape index (κ3) is 3.08. The Morgan fingerprint density at radius 1 is 0.875 bits per heavy atom. The Morgan fingerprint density at radius 2 is 1.75 bits per heavy atom. The number of aromatic amines is 2. The van der Waals surface area contributed by atoms with Crippen molar-refractivity contribution in [3.8, 4) is 11.1 Å². The lowest BCUT2D eigenvalue weighted by molar-refractivity contribution is 0.0780. The second-order valence-corrected chi connectivity index (χ2v) is 8.15. The van der Waals surface area contributed by atoms with Crippen molar-refractivity contribution in [2.45, 2.75) is 13.0 Å². The number of nitrogens with one attached hydrogen (secondary N) is 2. The van der Waals surface area contributed by atoms with E-state index < -0.39 is 0 Å². The van der Waals surface area contributed by atoms with E-state index in [9.17, 15) is 9.59 Å². The van der Waals surface area contributed by atoms with Crippen LogP contribution in [-0.4, -0.2) is 32.3 Å². The third-order valence-electron chi connectivity index (χ3n) is 6.13. The van der Waals surface area contributed by atoms with E-state index in [2.05, 4.69) is 22.1 Å². The molecule has 156 valence electrons. The van der Waals surface area contributed by atoms with Crippen LogP contribution in [0.3, 0.4) is 0 Å². The van der Waals surface area contributed by atoms with Gasteiger partial charge in [-0.2, -0.15) is 0 Å². The molecule has 1 aliphatic rings. The fraction of sp³-hybridized carbons (Fsp3) is 0.115. The molecular formula is C26H20N4O2. The van der Waals surface area contributed by atoms with Gasteiger partial charge in [-0.3, -0.25) is 9.78 Å². The zero-order valence-corrected chi connectivity index (χ0v) is 17.3. The fourth-order valence-electron chi connectivity index (χ4n) is 4.54. The van der Waals surface area contributed by atoms with Crippen LogP contribution in [0.5, 0.6) is 0 Å². The van der Waals surface area contributed by atoms with E-state index in [4.69, 9.17) is 4.98 Å². The van der Waals surface area contributed by atoms with Crippen LogP contribution in [0.4, 0.5) is 0 Å². The second kappa shape index (κ2) is 7.20. The average molecular weight is 420 g/mol. The topological polar surface area (TPSA) is 81.8 Å². The van der Waals surface area contributed by atoms with E-state index in [0.29, 0.717) is 19.5 Å². The molecule has 0 saturated heterocycles. The summed E-state index contributed by atoms with van der Waals surface area (Å²) in [5, 5.41) is 1.12. The molecule has 1 aliphatic heterocycles. The van der Waals surface area contributed by atoms with Crippen LogP contribution in [0.25, 0.3) is 33.1 Å². The van der Waals surface area contributed by atoms with E-state index in [1.807, 2.05) is 65.6 Å². The van der Waals surface area contributed by atoms with Gasteiger partial charge in [0.2, 0.25) is 0 Å². The number of carbonyl (C=O) groups excluding carboxylic acids is 1. The standard InChI is InChI=1S/C26H20N4O2/c31-25-24-18(5-3-6-20(24)17-9-11-22-23(14-17)29-26(32)28-22)15-30(25)13-12-19-10-8-16-4-1-2-7-21(16)27-19/h1-11,14H,12-13,15H2,(H2,28,29,32). The van der Waals surface area contributed by atoms with Gasteiger partial charge >= 0.3 is 5.69 Å². The lowest BCUT2D eigenvalue weighted by Gasteiger charge is -2.15. The summed E-state index contributed by atoms with van der Waals surface area (Å²) < 4.78 is 0. The van der Waals surface area contributed by atoms with Gasteiger partial charge in [-0.1, -0.05) is 48.5 Å². The molecule has 0 bridgehead atoms. The number of imidazole rings is 1. The molecule has 0 atom stereocenters. The van der Waals surface area contributed by atoms with E-state index in [1.165, 1.54) is 0 Å². The Morgan fingerprint density at radius 3 is 2.69 bits per heavy atom. The summed E-state index contributed by atoms with van der Waals surface area (Å²) >= 11 is 0. The van der Waals surface area contributed by atoms with Crippen LogP contribution in [0.15, 0.2) is 77.6 Å². The minimum absolute atomic E-state index is 0.0408. The van der Waals surface area contributed by atoms with Gasteiger partial charge in [0.15, 0.2) is 0 Å². The van der Waals surface area contributed by atoms with E-state index >= 15 is 0 Å². The van der Waals surface area contributed by atoms with Gasteiger partial charge in [0.25, 0.3) is 5.91 Å². The van der Waals surface area contributed by atoms with E-state index in [-0.39, 0.29) is 11.6 Å². The second-order valence-electron chi connectivity index (χ2n) is 8.15. The predicted molar refractivity (Wildman–Crippen MR) is 125 cm³/mol. The highest BCUT2D eigenvalue weighted by molar-refractivity contribution is 6.05. The lowest BCUT2D eigenvalue weighted by Crippen LogP contribution is -2.26. The van der Waals surface area contributed by atoms with Crippen molar-refractivity contribution in [3.63, 3.8) is 0 Å². The molecular weight excluding hydrogens is 400 g/mol. The maximum Gasteiger partial charge on any atom is 0.323 e. The molecule has 3 heterocycles. The molecule has 0 aliphatic carbocycles. The zero-order valence-electron chi connectivity index (χ0n) is 17.3. The number of hydrogen-bond acceptors (Lipinski definition) is 3. The van der Waals surface area contributed by atoms with Crippen molar-refractivity contribution in [2.75, 3.05) is 6.54 Å². The van der Waals surface area contributed by atoms with Crippen molar-refractivity contribution in [1.82, 2.24) is 19.9 Å². The van der Waals surface area contributed by atoms with Crippen molar-refractivity contribution in [3.05, 3.63) is 100 Å². The Hall–Kier alpha value is -4.19. The highest BCUT2D eigenvalue weighted by Crippen LogP contribution is 2.33. The first-order valence-electron chi connectivity index (χ1n) is 10.6. The normalized spacial score (nSPS) is 13.2. The molecule has 32 heavy (non-hydrogen) atoms. The van der Waals surface area contributed by atoms with E-state index in [1.54, 1.807) is 0 Å². The van der Waals surface area contributed by atoms with Crippen molar-refractivity contribution < 1.29 is 4.79 Å². The molecule has 2 aromatic heterocycles. The van der Waals surface area contributed by atoms with Gasteiger partial charge in [0.1, 0.15) is 0 Å². The number of benzene rings is 3. The largest absolute Gasteiger partial charge is 0.334 e. The number of carbonyl (C=O) groups is 1. The Kier molecular flexibility index (Phi) is 4.18. The molecule has 6 nitrogen and oxygen atoms in total. The summed E-state index contributed by atoms with van der Waals surface area (Å²) in [5.74, 6) is 0.0408. The lowest BCUT2D eigenvalue weighted by atomic mass is 9.96. The molecule has 5 aromatic rings. The van der Waals surface area contributed by atoms with Crippen LogP contribution in [-0.2, 0) is 13.0 Å². The molecule has 0 fully saturated rings. The molecule has 0 unspecified atom stereocenters. The minimum atomic E-state index is -0.236. The monoisotopic (exact) mass is 420 g/mol. The maximum absolute atomic E-state index is 13.3. The van der Waals surface area contributed by atoms with E-state index in [0.717, 1.165) is 49.9 Å². The average Bonchev–Trinajstić information content (AvgIpc) is 3.35. The number of hydrogen-bond donors (Lipinski definition) is 2. The van der Waals surface area contributed by atoms with Gasteiger partial charge in [0, 0.05) is 30.6 Å². The van der Waals surface area contributed by atoms with Crippen LogP contribution in [0, 0.1) is 0 Å². The molecule has 1 amide bonds. The highest BCUT2D eigenvalue weighted by Gasteiger charge is 2.30. The molecule has 2 N–H and O–H groups in total. The van der Waals surface area contributed by atoms with Gasteiger partial charge < -0.3 is 14.9 Å². The Labute approximate surface area is 183 Å². The van der Waals surface area contributed by atoms with Crippen LogP contribution in [0.1, 0.15) is 21.6 Å². The smallest absolute Gasteiger partial charge is 0.323 e. The molecule has 3 aromatic carbocycles. The summed E-state index contributed by atoms with van der Waals surface area (Å²) in [7, 11) is 0. The number of aromatic nitrogens is 3. The first kappa shape index (κ1) is 18.6. The number of para-hydroxylation sites is 1. The number of nitrogens with zero attached hydrogens (tertiary/aromatic N) is 2. The Bertz CT molecular complexity index is 1560. The molecule has 0 spiro atoms. The van der Waals surface area contributed by atoms with Gasteiger partial charge in [-0.05, 0) is 41.0 Å². The van der Waals surface area contributed by atoms with Crippen LogP contribution in [0.2, 0.25) is 0 Å². The van der Waals surface area contributed by atoms with Crippen molar-refractivity contribution in [2.24, 2.45) is 0 Å². The van der Waals surface area contributed by atoms with Crippen LogP contribution < -0.4 is 5.69 Å². The van der Waals surface area contributed by atoms with Crippen LogP contribution >= 0.6 is 0 Å². The summed E-state index contributed by atoms with van der Waals surface area (Å²) in [6, 6.07) is 23.9. The number of rotatable bonds is 4. The number of fused-ring (bicyclic) bond motifs is 3. The number of pyridine rings is 1. The molecule has 0 radical (unpaired) electrons. The van der Waals surface area contributed by atoms with Gasteiger partial charge in [-0.25, -0.2) is 4.79 Å². The summed E-state index contributed by atoms with van der Waals surface area (Å²) in [6.07, 6.45) is 0.705. The summed E-state index contributed by atoms with van der Waals surface area (Å²) in [4.78, 5) is 37.1. The van der Waals surface area contributed by atoms with Gasteiger partial charge in [-0.15, -0.1) is 0 Å². The Balaban J connectivity index is 1.28. The summed E-state index contributed by atoms with van der Waals surface area (Å²) in [6.45, 7) is 1.21. The first-order valence-corrected chi connectivity index (χ1v) is 10.6. The minimum Gasteiger partial charge on any atom is -0.334 e. The van der Waals surface area contributed by atoms with Gasteiger partial charge in [0.05, 0.1) is 22.1 Å².